The number of hydrogen-bond acceptors (Lipinski definition) is 3. The van der Waals surface area contributed by atoms with Crippen LogP contribution in [0.15, 0.2) is 52.9 Å². The number of nitrogens with zero attached hydrogens (tertiary/aromatic N) is 2. The van der Waals surface area contributed by atoms with Gasteiger partial charge in [-0.2, -0.15) is 5.10 Å². The summed E-state index contributed by atoms with van der Waals surface area (Å²) >= 11 is 1.54. The summed E-state index contributed by atoms with van der Waals surface area (Å²) in [6.07, 6.45) is 1.96. The molecule has 3 rings (SSSR count). The van der Waals surface area contributed by atoms with Crippen LogP contribution in [0, 0.1) is 19.7 Å². The molecule has 0 saturated carbocycles. The molecule has 25 heavy (non-hydrogen) atoms. The van der Waals surface area contributed by atoms with Gasteiger partial charge in [0.25, 0.3) is 0 Å². The van der Waals surface area contributed by atoms with E-state index in [9.17, 15) is 9.18 Å². The lowest BCUT2D eigenvalue weighted by Crippen LogP contribution is -2.19. The highest BCUT2D eigenvalue weighted by Gasteiger charge is 2.09. The Labute approximate surface area is 149 Å². The summed E-state index contributed by atoms with van der Waals surface area (Å²) in [6.45, 7) is 3.94. The van der Waals surface area contributed by atoms with E-state index in [1.807, 2.05) is 42.0 Å². The zero-order chi connectivity index (χ0) is 17.8. The van der Waals surface area contributed by atoms with Crippen molar-refractivity contribution in [3.8, 4) is 5.69 Å². The average molecular weight is 355 g/mol. The molecule has 0 bridgehead atoms. The van der Waals surface area contributed by atoms with Gasteiger partial charge >= 0.3 is 0 Å². The maximum atomic E-state index is 13.1. The van der Waals surface area contributed by atoms with E-state index < -0.39 is 0 Å². The molecule has 0 unspecified atom stereocenters. The molecule has 2 aromatic heterocycles. The Bertz CT molecular complexity index is 896. The second-order valence-electron chi connectivity index (χ2n) is 5.69. The Morgan fingerprint density at radius 1 is 1.28 bits per heavy atom. The molecular weight excluding hydrogens is 337 g/mol. The first-order valence-corrected chi connectivity index (χ1v) is 8.72. The third-order valence-electron chi connectivity index (χ3n) is 3.86. The number of hydrogen-bond donors (Lipinski definition) is 1. The normalized spacial score (nSPS) is 11.2. The molecule has 3 aromatic rings. The van der Waals surface area contributed by atoms with E-state index in [0.29, 0.717) is 6.42 Å². The summed E-state index contributed by atoms with van der Waals surface area (Å²) in [5, 5.41) is 5.99. The number of aromatic nitrogens is 1. The molecule has 0 aliphatic carbocycles. The van der Waals surface area contributed by atoms with Crippen molar-refractivity contribution < 1.29 is 9.18 Å². The van der Waals surface area contributed by atoms with Gasteiger partial charge < -0.3 is 4.57 Å². The zero-order valence-electron chi connectivity index (χ0n) is 14.0. The predicted octanol–water partition coefficient (Wildman–Crippen LogP) is 3.99. The van der Waals surface area contributed by atoms with Crippen molar-refractivity contribution >= 4 is 23.5 Å². The van der Waals surface area contributed by atoms with Crippen LogP contribution < -0.4 is 5.43 Å². The number of amides is 1. The third-order valence-corrected chi connectivity index (χ3v) is 4.74. The van der Waals surface area contributed by atoms with Crippen LogP contribution in [0.1, 0.15) is 21.8 Å². The summed E-state index contributed by atoms with van der Waals surface area (Å²) in [5.74, 6) is -0.410. The molecule has 0 fully saturated rings. The van der Waals surface area contributed by atoms with Gasteiger partial charge in [-0.25, -0.2) is 9.82 Å². The number of halogens is 1. The highest BCUT2D eigenvalue weighted by molar-refractivity contribution is 7.10. The lowest BCUT2D eigenvalue weighted by molar-refractivity contribution is -0.120. The van der Waals surface area contributed by atoms with Crippen molar-refractivity contribution in [2.24, 2.45) is 5.10 Å². The molecule has 0 radical (unpaired) electrons. The van der Waals surface area contributed by atoms with E-state index in [1.54, 1.807) is 29.7 Å². The van der Waals surface area contributed by atoms with Gasteiger partial charge in [-0.15, -0.1) is 11.3 Å². The molecule has 128 valence electrons. The maximum Gasteiger partial charge on any atom is 0.245 e. The maximum absolute atomic E-state index is 13.1. The second-order valence-corrected chi connectivity index (χ2v) is 6.72. The van der Waals surface area contributed by atoms with E-state index in [0.717, 1.165) is 27.5 Å². The molecule has 2 heterocycles. The summed E-state index contributed by atoms with van der Waals surface area (Å²) in [6, 6.07) is 12.2. The number of thiophene rings is 1. The number of hydrazone groups is 1. The van der Waals surface area contributed by atoms with Crippen molar-refractivity contribution in [2.75, 3.05) is 0 Å². The van der Waals surface area contributed by atoms with Crippen LogP contribution in [0.25, 0.3) is 5.69 Å². The van der Waals surface area contributed by atoms with Crippen molar-refractivity contribution in [1.29, 1.82) is 0 Å². The van der Waals surface area contributed by atoms with Gasteiger partial charge in [0.15, 0.2) is 0 Å². The third kappa shape index (κ3) is 4.03. The molecule has 1 N–H and O–H groups in total. The Kier molecular flexibility index (Phi) is 5.09. The fourth-order valence-electron chi connectivity index (χ4n) is 2.69. The monoisotopic (exact) mass is 355 g/mol. The molecule has 6 heteroatoms. The van der Waals surface area contributed by atoms with E-state index in [2.05, 4.69) is 10.5 Å². The van der Waals surface area contributed by atoms with Crippen LogP contribution in [0.5, 0.6) is 0 Å². The van der Waals surface area contributed by atoms with Crippen LogP contribution in [-0.4, -0.2) is 16.7 Å². The van der Waals surface area contributed by atoms with E-state index in [4.69, 9.17) is 0 Å². The minimum absolute atomic E-state index is 0.147. The Balaban J connectivity index is 1.72. The number of nitrogens with one attached hydrogen (secondary N) is 1. The summed E-state index contributed by atoms with van der Waals surface area (Å²) in [4.78, 5) is 12.9. The number of carbonyl (C=O) groups excluding carboxylic acids is 1. The summed E-state index contributed by atoms with van der Waals surface area (Å²) in [5.41, 5.74) is 6.32. The van der Waals surface area contributed by atoms with Crippen molar-refractivity contribution in [3.05, 3.63) is 75.5 Å². The molecule has 1 aromatic carbocycles. The van der Waals surface area contributed by atoms with E-state index in [-0.39, 0.29) is 11.7 Å². The van der Waals surface area contributed by atoms with Crippen LogP contribution in [0.2, 0.25) is 0 Å². The fraction of sp³-hybridized carbons (Fsp3) is 0.158. The van der Waals surface area contributed by atoms with Gasteiger partial charge in [0.1, 0.15) is 5.82 Å². The highest BCUT2D eigenvalue weighted by atomic mass is 32.1. The number of rotatable bonds is 5. The first-order chi connectivity index (χ1) is 12.0. The smallest absolute Gasteiger partial charge is 0.245 e. The first-order valence-electron chi connectivity index (χ1n) is 7.84. The van der Waals surface area contributed by atoms with Crippen molar-refractivity contribution in [3.63, 3.8) is 0 Å². The topological polar surface area (TPSA) is 46.4 Å². The molecule has 0 aliphatic rings. The van der Waals surface area contributed by atoms with Gasteiger partial charge in [-0.1, -0.05) is 6.07 Å². The van der Waals surface area contributed by atoms with Crippen molar-refractivity contribution in [1.82, 2.24) is 9.99 Å². The van der Waals surface area contributed by atoms with Crippen LogP contribution in [0.3, 0.4) is 0 Å². The molecule has 4 nitrogen and oxygen atoms in total. The van der Waals surface area contributed by atoms with Crippen LogP contribution in [0.4, 0.5) is 4.39 Å². The molecule has 1 amide bonds. The fourth-order valence-corrected chi connectivity index (χ4v) is 3.39. The minimum atomic E-state index is -0.263. The first kappa shape index (κ1) is 17.1. The van der Waals surface area contributed by atoms with Crippen LogP contribution >= 0.6 is 11.3 Å². The second kappa shape index (κ2) is 7.44. The van der Waals surface area contributed by atoms with Gasteiger partial charge in [0, 0.05) is 27.5 Å². The SMILES string of the molecule is Cc1cc(/C=N\NC(=O)Cc2cccs2)c(C)n1-c1ccc(F)cc1. The number of carbonyl (C=O) groups is 1. The lowest BCUT2D eigenvalue weighted by atomic mass is 10.2. The van der Waals surface area contributed by atoms with Gasteiger partial charge in [0.2, 0.25) is 5.91 Å². The summed E-state index contributed by atoms with van der Waals surface area (Å²) < 4.78 is 15.1. The molecule has 0 atom stereocenters. The number of aryl methyl sites for hydroxylation is 1. The largest absolute Gasteiger partial charge is 0.318 e. The highest BCUT2D eigenvalue weighted by Crippen LogP contribution is 2.20. The molecule has 0 aliphatic heterocycles. The van der Waals surface area contributed by atoms with Gasteiger partial charge in [-0.05, 0) is 55.6 Å². The van der Waals surface area contributed by atoms with Crippen LogP contribution in [-0.2, 0) is 11.2 Å². The zero-order valence-corrected chi connectivity index (χ0v) is 14.8. The minimum Gasteiger partial charge on any atom is -0.318 e. The quantitative estimate of drug-likeness (QED) is 0.546. The molecule has 0 saturated heterocycles. The Morgan fingerprint density at radius 3 is 2.72 bits per heavy atom. The number of benzene rings is 1. The summed E-state index contributed by atoms with van der Waals surface area (Å²) in [7, 11) is 0. The standard InChI is InChI=1S/C19H18FN3OS/c1-13-10-15(12-21-22-19(24)11-18-4-3-9-25-18)14(2)23(13)17-7-5-16(20)6-8-17/h3-10,12H,11H2,1-2H3,(H,22,24)/b21-12-. The van der Waals surface area contributed by atoms with E-state index >= 15 is 0 Å². The molecule has 0 spiro atoms. The van der Waals surface area contributed by atoms with Crippen molar-refractivity contribution in [2.45, 2.75) is 20.3 Å². The molecular formula is C19H18FN3OS. The predicted molar refractivity (Wildman–Crippen MR) is 99.0 cm³/mol. The van der Waals surface area contributed by atoms with E-state index in [1.165, 1.54) is 12.1 Å². The van der Waals surface area contributed by atoms with Gasteiger partial charge in [-0.3, -0.25) is 4.79 Å². The lowest BCUT2D eigenvalue weighted by Gasteiger charge is -2.09. The Morgan fingerprint density at radius 2 is 2.04 bits per heavy atom. The average Bonchev–Trinajstić information content (AvgIpc) is 3.17. The Hall–Kier alpha value is -2.73. The van der Waals surface area contributed by atoms with Gasteiger partial charge in [0.05, 0.1) is 12.6 Å².